The van der Waals surface area contributed by atoms with E-state index in [1.165, 1.54) is 14.2 Å². The summed E-state index contributed by atoms with van der Waals surface area (Å²) in [5, 5.41) is 6.81. The third-order valence-electron chi connectivity index (χ3n) is 2.72. The van der Waals surface area contributed by atoms with Gasteiger partial charge in [-0.1, -0.05) is 34.1 Å². The van der Waals surface area contributed by atoms with E-state index in [9.17, 15) is 4.79 Å². The van der Waals surface area contributed by atoms with Crippen LogP contribution < -0.4 is 4.74 Å². The summed E-state index contributed by atoms with van der Waals surface area (Å²) in [4.78, 5) is 11.8. The number of halogens is 1. The van der Waals surface area contributed by atoms with Crippen molar-refractivity contribution in [2.75, 3.05) is 14.2 Å². The van der Waals surface area contributed by atoms with E-state index in [4.69, 9.17) is 9.47 Å². The maximum atomic E-state index is 11.8. The molecule has 0 saturated heterocycles. The van der Waals surface area contributed by atoms with Crippen LogP contribution >= 0.6 is 15.9 Å². The summed E-state index contributed by atoms with van der Waals surface area (Å²) in [7, 11) is 2.80. The molecule has 5 nitrogen and oxygen atoms in total. The van der Waals surface area contributed by atoms with E-state index >= 15 is 0 Å². The predicted molar refractivity (Wildman–Crippen MR) is 73.4 cm³/mol. The molecule has 100 valence electrons. The molecule has 0 bridgehead atoms. The number of nitrogens with zero attached hydrogens (tertiary/aromatic N) is 1. The summed E-state index contributed by atoms with van der Waals surface area (Å²) < 4.78 is 10.8. The highest BCUT2D eigenvalue weighted by molar-refractivity contribution is 9.10. The molecule has 0 spiro atoms. The molecule has 19 heavy (non-hydrogen) atoms. The van der Waals surface area contributed by atoms with Gasteiger partial charge in [-0.25, -0.2) is 9.89 Å². The fourth-order valence-corrected chi connectivity index (χ4v) is 2.20. The van der Waals surface area contributed by atoms with Gasteiger partial charge in [-0.2, -0.15) is 5.10 Å². The minimum atomic E-state index is -0.465. The second kappa shape index (κ2) is 5.88. The van der Waals surface area contributed by atoms with Crippen molar-refractivity contribution in [1.29, 1.82) is 0 Å². The standard InChI is InChI=1S/C13H13BrN2O3/c1-18-12-11(13(17)19-2)10(15-16-12)7-8-5-3-4-6-9(8)14/h3-6H,7H2,1-2H3,(H,15,16). The number of hydrogen-bond acceptors (Lipinski definition) is 4. The van der Waals surface area contributed by atoms with Crippen LogP contribution in [0.1, 0.15) is 21.6 Å². The molecule has 0 aliphatic rings. The maximum Gasteiger partial charge on any atom is 0.345 e. The highest BCUT2D eigenvalue weighted by atomic mass is 79.9. The first kappa shape index (κ1) is 13.6. The summed E-state index contributed by atoms with van der Waals surface area (Å²) in [6, 6.07) is 7.77. The molecule has 0 aliphatic heterocycles. The van der Waals surface area contributed by atoms with Crippen molar-refractivity contribution in [2.24, 2.45) is 0 Å². The number of methoxy groups -OCH3 is 2. The largest absolute Gasteiger partial charge is 0.481 e. The lowest BCUT2D eigenvalue weighted by molar-refractivity contribution is 0.0596. The third-order valence-corrected chi connectivity index (χ3v) is 3.49. The van der Waals surface area contributed by atoms with Crippen LogP contribution in [-0.4, -0.2) is 30.4 Å². The van der Waals surface area contributed by atoms with Crippen LogP contribution in [0.15, 0.2) is 28.7 Å². The summed E-state index contributed by atoms with van der Waals surface area (Å²) in [5.74, 6) is -0.151. The Morgan fingerprint density at radius 1 is 1.37 bits per heavy atom. The highest BCUT2D eigenvalue weighted by Gasteiger charge is 2.22. The fraction of sp³-hybridized carbons (Fsp3) is 0.231. The van der Waals surface area contributed by atoms with Gasteiger partial charge >= 0.3 is 5.97 Å². The molecule has 1 aromatic carbocycles. The number of H-pyrrole nitrogens is 1. The number of carbonyl (C=O) groups is 1. The quantitative estimate of drug-likeness (QED) is 0.878. The molecule has 0 fully saturated rings. The molecule has 2 aromatic rings. The van der Waals surface area contributed by atoms with Crippen molar-refractivity contribution < 1.29 is 14.3 Å². The molecule has 6 heteroatoms. The van der Waals surface area contributed by atoms with Gasteiger partial charge in [-0.3, -0.25) is 0 Å². The number of carbonyl (C=O) groups excluding carboxylic acids is 1. The smallest absolute Gasteiger partial charge is 0.345 e. The van der Waals surface area contributed by atoms with Gasteiger partial charge in [-0.05, 0) is 11.6 Å². The van der Waals surface area contributed by atoms with Crippen molar-refractivity contribution >= 4 is 21.9 Å². The van der Waals surface area contributed by atoms with E-state index in [0.29, 0.717) is 23.6 Å². The minimum Gasteiger partial charge on any atom is -0.481 e. The molecule has 1 heterocycles. The van der Waals surface area contributed by atoms with Crippen LogP contribution in [0.25, 0.3) is 0 Å². The average molecular weight is 325 g/mol. The second-order valence-electron chi connectivity index (χ2n) is 3.84. The number of nitrogens with one attached hydrogen (secondary N) is 1. The number of aromatic nitrogens is 2. The Morgan fingerprint density at radius 2 is 2.11 bits per heavy atom. The molecule has 1 N–H and O–H groups in total. The Bertz CT molecular complexity index is 595. The molecule has 0 radical (unpaired) electrons. The SMILES string of the molecule is COC(=O)c1c(Cc2ccccc2Br)n[nH]c1OC. The third kappa shape index (κ3) is 2.78. The maximum absolute atomic E-state index is 11.8. The Morgan fingerprint density at radius 3 is 2.74 bits per heavy atom. The highest BCUT2D eigenvalue weighted by Crippen LogP contribution is 2.25. The molecular weight excluding hydrogens is 312 g/mol. The molecule has 2 rings (SSSR count). The van der Waals surface area contributed by atoms with Crippen molar-refractivity contribution in [2.45, 2.75) is 6.42 Å². The lowest BCUT2D eigenvalue weighted by Crippen LogP contribution is -2.06. The number of rotatable bonds is 4. The first-order chi connectivity index (χ1) is 9.17. The first-order valence-corrected chi connectivity index (χ1v) is 6.39. The zero-order valence-electron chi connectivity index (χ0n) is 10.6. The zero-order chi connectivity index (χ0) is 13.8. The van der Waals surface area contributed by atoms with E-state index in [2.05, 4.69) is 26.1 Å². The Kier molecular flexibility index (Phi) is 4.21. The summed E-state index contributed by atoms with van der Waals surface area (Å²) in [6.45, 7) is 0. The van der Waals surface area contributed by atoms with E-state index in [1.807, 2.05) is 24.3 Å². The summed E-state index contributed by atoms with van der Waals surface area (Å²) in [5.41, 5.74) is 1.96. The van der Waals surface area contributed by atoms with Gasteiger partial charge in [0.05, 0.1) is 19.9 Å². The molecule has 0 amide bonds. The molecule has 1 aromatic heterocycles. The second-order valence-corrected chi connectivity index (χ2v) is 4.69. The molecule has 0 unspecified atom stereocenters. The topological polar surface area (TPSA) is 64.2 Å². The number of hydrogen-bond donors (Lipinski definition) is 1. The average Bonchev–Trinajstić information content (AvgIpc) is 2.83. The molecular formula is C13H13BrN2O3. The zero-order valence-corrected chi connectivity index (χ0v) is 12.2. The van der Waals surface area contributed by atoms with Gasteiger partial charge in [-0.15, -0.1) is 0 Å². The van der Waals surface area contributed by atoms with Crippen molar-refractivity contribution in [3.8, 4) is 5.88 Å². The number of esters is 1. The lowest BCUT2D eigenvalue weighted by atomic mass is 10.1. The Labute approximate surface area is 119 Å². The van der Waals surface area contributed by atoms with E-state index < -0.39 is 5.97 Å². The fourth-order valence-electron chi connectivity index (χ4n) is 1.77. The Hall–Kier alpha value is -1.82. The van der Waals surface area contributed by atoms with Crippen LogP contribution in [0.4, 0.5) is 0 Å². The van der Waals surface area contributed by atoms with Gasteiger partial charge in [0.25, 0.3) is 0 Å². The molecule has 0 saturated carbocycles. The number of ether oxygens (including phenoxy) is 2. The van der Waals surface area contributed by atoms with Crippen LogP contribution in [0.5, 0.6) is 5.88 Å². The summed E-state index contributed by atoms with van der Waals surface area (Å²) >= 11 is 3.47. The van der Waals surface area contributed by atoms with Crippen LogP contribution in [-0.2, 0) is 11.2 Å². The van der Waals surface area contributed by atoms with Gasteiger partial charge in [0.2, 0.25) is 5.88 Å². The van der Waals surface area contributed by atoms with Crippen LogP contribution in [0.3, 0.4) is 0 Å². The van der Waals surface area contributed by atoms with Crippen molar-refractivity contribution in [3.05, 3.63) is 45.6 Å². The Balaban J connectivity index is 2.38. The van der Waals surface area contributed by atoms with E-state index in [-0.39, 0.29) is 0 Å². The minimum absolute atomic E-state index is 0.314. The van der Waals surface area contributed by atoms with Gasteiger partial charge in [0, 0.05) is 10.9 Å². The van der Waals surface area contributed by atoms with Crippen molar-refractivity contribution in [3.63, 3.8) is 0 Å². The van der Waals surface area contributed by atoms with Gasteiger partial charge in [0.15, 0.2) is 0 Å². The monoisotopic (exact) mass is 324 g/mol. The van der Waals surface area contributed by atoms with Crippen molar-refractivity contribution in [1.82, 2.24) is 10.2 Å². The summed E-state index contributed by atoms with van der Waals surface area (Å²) in [6.07, 6.45) is 0.506. The van der Waals surface area contributed by atoms with E-state index in [1.54, 1.807) is 0 Å². The number of benzene rings is 1. The van der Waals surface area contributed by atoms with Gasteiger partial charge < -0.3 is 9.47 Å². The normalized spacial score (nSPS) is 10.3. The van der Waals surface area contributed by atoms with E-state index in [0.717, 1.165) is 10.0 Å². The van der Waals surface area contributed by atoms with Crippen LogP contribution in [0, 0.1) is 0 Å². The molecule has 0 atom stereocenters. The predicted octanol–water partition coefficient (Wildman–Crippen LogP) is 2.56. The molecule has 0 aliphatic carbocycles. The first-order valence-electron chi connectivity index (χ1n) is 5.60. The lowest BCUT2D eigenvalue weighted by Gasteiger charge is -2.04. The van der Waals surface area contributed by atoms with Crippen LogP contribution in [0.2, 0.25) is 0 Å². The number of aromatic amines is 1. The van der Waals surface area contributed by atoms with Gasteiger partial charge in [0.1, 0.15) is 5.56 Å².